The molecule has 3 rings (SSSR count). The minimum Gasteiger partial charge on any atom is -0.369 e. The molecule has 2 aliphatic heterocycles. The summed E-state index contributed by atoms with van der Waals surface area (Å²) in [5, 5.41) is 3.76. The standard InChI is InChI=1S/C18H29N3/c1-3-18(8-5-9-19-18)15-20-10-12-21(13-11-20)17-7-4-6-16(2)14-17/h4,6-7,14,19H,3,5,8-13,15H2,1-2H3. The van der Waals surface area contributed by atoms with Crippen molar-refractivity contribution in [3.05, 3.63) is 29.8 Å². The number of nitrogens with one attached hydrogen (secondary N) is 1. The van der Waals surface area contributed by atoms with Gasteiger partial charge in [-0.05, 0) is 50.4 Å². The van der Waals surface area contributed by atoms with Crippen LogP contribution in [0, 0.1) is 6.92 Å². The molecule has 1 atom stereocenters. The highest BCUT2D eigenvalue weighted by Gasteiger charge is 2.34. The smallest absolute Gasteiger partial charge is 0.0369 e. The fourth-order valence-corrected chi connectivity index (χ4v) is 3.83. The molecule has 0 saturated carbocycles. The van der Waals surface area contributed by atoms with Crippen LogP contribution >= 0.6 is 0 Å². The van der Waals surface area contributed by atoms with Crippen LogP contribution in [-0.2, 0) is 0 Å². The average molecular weight is 287 g/mol. The maximum atomic E-state index is 3.76. The SMILES string of the molecule is CCC1(CN2CCN(c3cccc(C)c3)CC2)CCCN1. The Morgan fingerprint density at radius 1 is 1.19 bits per heavy atom. The topological polar surface area (TPSA) is 18.5 Å². The van der Waals surface area contributed by atoms with Gasteiger partial charge in [-0.1, -0.05) is 19.1 Å². The Balaban J connectivity index is 1.55. The summed E-state index contributed by atoms with van der Waals surface area (Å²) in [6.45, 7) is 11.6. The molecule has 1 N–H and O–H groups in total. The van der Waals surface area contributed by atoms with Gasteiger partial charge in [-0.2, -0.15) is 0 Å². The Bertz CT molecular complexity index is 457. The largest absolute Gasteiger partial charge is 0.369 e. The number of piperazine rings is 1. The first-order chi connectivity index (χ1) is 10.2. The number of hydrogen-bond acceptors (Lipinski definition) is 3. The van der Waals surface area contributed by atoms with Crippen LogP contribution in [-0.4, -0.2) is 49.7 Å². The monoisotopic (exact) mass is 287 g/mol. The van der Waals surface area contributed by atoms with Crippen LogP contribution in [0.5, 0.6) is 0 Å². The Morgan fingerprint density at radius 2 is 2.00 bits per heavy atom. The lowest BCUT2D eigenvalue weighted by Gasteiger charge is -2.41. The Morgan fingerprint density at radius 3 is 2.62 bits per heavy atom. The molecule has 1 aromatic carbocycles. The van der Waals surface area contributed by atoms with Gasteiger partial charge in [0.1, 0.15) is 0 Å². The predicted octanol–water partition coefficient (Wildman–Crippen LogP) is 2.65. The van der Waals surface area contributed by atoms with Gasteiger partial charge in [0.2, 0.25) is 0 Å². The van der Waals surface area contributed by atoms with Crippen molar-refractivity contribution in [3.8, 4) is 0 Å². The van der Waals surface area contributed by atoms with E-state index in [4.69, 9.17) is 0 Å². The molecule has 0 amide bonds. The van der Waals surface area contributed by atoms with Gasteiger partial charge in [0.05, 0.1) is 0 Å². The van der Waals surface area contributed by atoms with E-state index in [0.29, 0.717) is 5.54 Å². The second-order valence-corrected chi connectivity index (χ2v) is 6.77. The number of anilines is 1. The van der Waals surface area contributed by atoms with Gasteiger partial charge in [0, 0.05) is 44.0 Å². The summed E-state index contributed by atoms with van der Waals surface area (Å²) in [7, 11) is 0. The van der Waals surface area contributed by atoms with E-state index in [1.165, 1.54) is 56.7 Å². The van der Waals surface area contributed by atoms with E-state index in [2.05, 4.69) is 53.2 Å². The summed E-state index contributed by atoms with van der Waals surface area (Å²) in [5.41, 5.74) is 3.14. The number of nitrogens with zero attached hydrogens (tertiary/aromatic N) is 2. The summed E-state index contributed by atoms with van der Waals surface area (Å²) in [5.74, 6) is 0. The van der Waals surface area contributed by atoms with Crippen LogP contribution in [0.1, 0.15) is 31.7 Å². The highest BCUT2D eigenvalue weighted by atomic mass is 15.3. The molecule has 116 valence electrons. The Labute approximate surface area is 129 Å². The van der Waals surface area contributed by atoms with Crippen molar-refractivity contribution in [2.45, 2.75) is 38.6 Å². The van der Waals surface area contributed by atoms with Crippen molar-refractivity contribution >= 4 is 5.69 Å². The molecule has 21 heavy (non-hydrogen) atoms. The molecule has 2 aliphatic rings. The number of aryl methyl sites for hydroxylation is 1. The van der Waals surface area contributed by atoms with E-state index < -0.39 is 0 Å². The highest BCUT2D eigenvalue weighted by Crippen LogP contribution is 2.25. The third-order valence-corrected chi connectivity index (χ3v) is 5.27. The maximum Gasteiger partial charge on any atom is 0.0369 e. The normalized spacial score (nSPS) is 27.2. The average Bonchev–Trinajstić information content (AvgIpc) is 2.97. The Hall–Kier alpha value is -1.06. The zero-order chi connectivity index (χ0) is 14.7. The third-order valence-electron chi connectivity index (χ3n) is 5.27. The number of rotatable bonds is 4. The van der Waals surface area contributed by atoms with Crippen LogP contribution in [0.25, 0.3) is 0 Å². The van der Waals surface area contributed by atoms with E-state index in [-0.39, 0.29) is 0 Å². The van der Waals surface area contributed by atoms with Gasteiger partial charge in [-0.3, -0.25) is 4.90 Å². The quantitative estimate of drug-likeness (QED) is 0.918. The lowest BCUT2D eigenvalue weighted by atomic mass is 9.93. The highest BCUT2D eigenvalue weighted by molar-refractivity contribution is 5.48. The van der Waals surface area contributed by atoms with E-state index >= 15 is 0 Å². The fourth-order valence-electron chi connectivity index (χ4n) is 3.83. The number of hydrogen-bond donors (Lipinski definition) is 1. The van der Waals surface area contributed by atoms with Crippen molar-refractivity contribution in [3.63, 3.8) is 0 Å². The summed E-state index contributed by atoms with van der Waals surface area (Å²) >= 11 is 0. The van der Waals surface area contributed by atoms with Crippen molar-refractivity contribution < 1.29 is 0 Å². The van der Waals surface area contributed by atoms with Crippen LogP contribution in [0.15, 0.2) is 24.3 Å². The van der Waals surface area contributed by atoms with Gasteiger partial charge >= 0.3 is 0 Å². The first-order valence-corrected chi connectivity index (χ1v) is 8.50. The second-order valence-electron chi connectivity index (χ2n) is 6.77. The van der Waals surface area contributed by atoms with Crippen molar-refractivity contribution in [1.82, 2.24) is 10.2 Å². The van der Waals surface area contributed by atoms with E-state index in [9.17, 15) is 0 Å². The van der Waals surface area contributed by atoms with Crippen LogP contribution in [0.4, 0.5) is 5.69 Å². The summed E-state index contributed by atoms with van der Waals surface area (Å²) < 4.78 is 0. The molecule has 0 aromatic heterocycles. The summed E-state index contributed by atoms with van der Waals surface area (Å²) in [6.07, 6.45) is 3.95. The van der Waals surface area contributed by atoms with Crippen LogP contribution in [0.2, 0.25) is 0 Å². The van der Waals surface area contributed by atoms with Gasteiger partial charge in [-0.25, -0.2) is 0 Å². The molecule has 2 heterocycles. The van der Waals surface area contributed by atoms with Crippen LogP contribution < -0.4 is 10.2 Å². The molecule has 1 unspecified atom stereocenters. The molecular formula is C18H29N3. The molecule has 0 spiro atoms. The van der Waals surface area contributed by atoms with Crippen LogP contribution in [0.3, 0.4) is 0 Å². The predicted molar refractivity (Wildman–Crippen MR) is 90.1 cm³/mol. The maximum absolute atomic E-state index is 3.76. The third kappa shape index (κ3) is 3.41. The minimum absolute atomic E-state index is 0.394. The molecule has 0 bridgehead atoms. The molecule has 1 aromatic rings. The molecular weight excluding hydrogens is 258 g/mol. The van der Waals surface area contributed by atoms with Gasteiger partial charge in [0.15, 0.2) is 0 Å². The lowest BCUT2D eigenvalue weighted by Crippen LogP contribution is -2.55. The fraction of sp³-hybridized carbons (Fsp3) is 0.667. The molecule has 0 radical (unpaired) electrons. The second kappa shape index (κ2) is 6.37. The summed E-state index contributed by atoms with van der Waals surface area (Å²) in [6, 6.07) is 8.90. The van der Waals surface area contributed by atoms with Gasteiger partial charge in [-0.15, -0.1) is 0 Å². The molecule has 3 nitrogen and oxygen atoms in total. The minimum atomic E-state index is 0.394. The van der Waals surface area contributed by atoms with Crippen molar-refractivity contribution in [2.24, 2.45) is 0 Å². The summed E-state index contributed by atoms with van der Waals surface area (Å²) in [4.78, 5) is 5.19. The molecule has 2 saturated heterocycles. The van der Waals surface area contributed by atoms with Crippen molar-refractivity contribution in [1.29, 1.82) is 0 Å². The zero-order valence-electron chi connectivity index (χ0n) is 13.6. The lowest BCUT2D eigenvalue weighted by molar-refractivity contribution is 0.179. The molecule has 2 fully saturated rings. The molecule has 3 heteroatoms. The van der Waals surface area contributed by atoms with Crippen molar-refractivity contribution in [2.75, 3.05) is 44.2 Å². The first-order valence-electron chi connectivity index (χ1n) is 8.50. The van der Waals surface area contributed by atoms with E-state index in [0.717, 1.165) is 13.1 Å². The zero-order valence-corrected chi connectivity index (χ0v) is 13.6. The molecule has 0 aliphatic carbocycles. The van der Waals surface area contributed by atoms with Gasteiger partial charge < -0.3 is 10.2 Å². The Kier molecular flexibility index (Phi) is 4.51. The number of benzene rings is 1. The first kappa shape index (κ1) is 14.9. The van der Waals surface area contributed by atoms with E-state index in [1.807, 2.05) is 0 Å². The van der Waals surface area contributed by atoms with Gasteiger partial charge in [0.25, 0.3) is 0 Å². The van der Waals surface area contributed by atoms with E-state index in [1.54, 1.807) is 0 Å².